The van der Waals surface area contributed by atoms with Crippen LogP contribution in [-0.4, -0.2) is 49.2 Å². The number of aromatic nitrogens is 1. The van der Waals surface area contributed by atoms with E-state index in [9.17, 15) is 22.4 Å². The summed E-state index contributed by atoms with van der Waals surface area (Å²) < 4.78 is 40.2. The Morgan fingerprint density at radius 1 is 1.22 bits per heavy atom. The lowest BCUT2D eigenvalue weighted by atomic mass is 10.0. The van der Waals surface area contributed by atoms with Crippen LogP contribution in [0.5, 0.6) is 0 Å². The van der Waals surface area contributed by atoms with Gasteiger partial charge in [-0.25, -0.2) is 12.8 Å². The number of sulfone groups is 1. The average molecular weight is 523 g/mol. The lowest BCUT2D eigenvalue weighted by Gasteiger charge is -2.16. The fourth-order valence-corrected chi connectivity index (χ4v) is 6.30. The minimum atomic E-state index is -3.88. The first-order valence-electron chi connectivity index (χ1n) is 11.9. The first-order chi connectivity index (χ1) is 17.5. The number of likely N-dealkylation sites (tertiary alicyclic amines) is 1. The van der Waals surface area contributed by atoms with Crippen LogP contribution in [0.2, 0.25) is 0 Å². The molecule has 0 spiro atoms. The molecule has 4 N–H and O–H groups in total. The number of rotatable bonds is 5. The van der Waals surface area contributed by atoms with Gasteiger partial charge >= 0.3 is 0 Å². The van der Waals surface area contributed by atoms with Gasteiger partial charge in [0.05, 0.1) is 21.8 Å². The number of H-pyrrole nitrogens is 1. The Morgan fingerprint density at radius 2 is 1.97 bits per heavy atom. The second-order valence-electron chi connectivity index (χ2n) is 9.53. The van der Waals surface area contributed by atoms with Crippen molar-refractivity contribution >= 4 is 39.0 Å². The van der Waals surface area contributed by atoms with Crippen molar-refractivity contribution in [2.45, 2.75) is 37.0 Å². The largest absolute Gasteiger partial charge is 0.358 e. The zero-order chi connectivity index (χ0) is 26.5. The minimum Gasteiger partial charge on any atom is -0.358 e. The Bertz CT molecular complexity index is 1570. The molecule has 3 heterocycles. The highest BCUT2D eigenvalue weighted by atomic mass is 32.2. The van der Waals surface area contributed by atoms with E-state index in [1.54, 1.807) is 24.0 Å². The Morgan fingerprint density at radius 3 is 2.68 bits per heavy atom. The van der Waals surface area contributed by atoms with Crippen LogP contribution in [0.15, 0.2) is 47.4 Å². The third-order valence-corrected chi connectivity index (χ3v) is 8.59. The van der Waals surface area contributed by atoms with E-state index in [2.05, 4.69) is 10.3 Å². The molecule has 1 aromatic heterocycles. The molecule has 192 valence electrons. The van der Waals surface area contributed by atoms with Gasteiger partial charge in [-0.3, -0.25) is 9.59 Å². The summed E-state index contributed by atoms with van der Waals surface area (Å²) in [7, 11) is -3.88. The number of halogens is 1. The molecular formula is C27H27FN4O4S. The summed E-state index contributed by atoms with van der Waals surface area (Å²) in [5, 5.41) is 2.75. The zero-order valence-electron chi connectivity index (χ0n) is 20.5. The Kier molecular flexibility index (Phi) is 6.25. The van der Waals surface area contributed by atoms with Crippen LogP contribution in [0.3, 0.4) is 0 Å². The molecule has 0 bridgehead atoms. The number of anilines is 1. The molecule has 8 nitrogen and oxygen atoms in total. The number of amides is 2. The van der Waals surface area contributed by atoms with E-state index in [1.165, 1.54) is 36.4 Å². The molecule has 1 atom stereocenters. The number of aromatic amines is 1. The monoisotopic (exact) mass is 522 g/mol. The fraction of sp³-hybridized carbons (Fsp3) is 0.259. The topological polar surface area (TPSA) is 125 Å². The number of carbonyl (C=O) groups excluding carboxylic acids is 2. The maximum absolute atomic E-state index is 14.1. The first-order valence-corrected chi connectivity index (χ1v) is 13.6. The smallest absolute Gasteiger partial charge is 0.256 e. The number of nitrogens with two attached hydrogens (primary N) is 1. The van der Waals surface area contributed by atoms with Crippen molar-refractivity contribution in [2.24, 2.45) is 5.73 Å². The van der Waals surface area contributed by atoms with Gasteiger partial charge in [-0.1, -0.05) is 18.2 Å². The van der Waals surface area contributed by atoms with Crippen molar-refractivity contribution in [1.29, 1.82) is 0 Å². The van der Waals surface area contributed by atoms with Crippen molar-refractivity contribution in [3.8, 4) is 0 Å². The molecule has 0 saturated carbocycles. The molecule has 2 aliphatic rings. The maximum Gasteiger partial charge on any atom is 0.256 e. The van der Waals surface area contributed by atoms with Gasteiger partial charge < -0.3 is 20.9 Å². The molecule has 1 fully saturated rings. The molecule has 5 rings (SSSR count). The number of nitrogens with zero attached hydrogens (tertiary/aromatic N) is 1. The van der Waals surface area contributed by atoms with Gasteiger partial charge in [-0.15, -0.1) is 0 Å². The van der Waals surface area contributed by atoms with Crippen LogP contribution >= 0.6 is 0 Å². The molecule has 2 aliphatic heterocycles. The fourth-order valence-electron chi connectivity index (χ4n) is 4.92. The number of carbonyl (C=O) groups is 2. The summed E-state index contributed by atoms with van der Waals surface area (Å²) >= 11 is 0. The van der Waals surface area contributed by atoms with Gasteiger partial charge in [0.15, 0.2) is 9.84 Å². The number of hydrogen-bond donors (Lipinski definition) is 3. The average Bonchev–Trinajstić information content (AvgIpc) is 3.50. The molecule has 10 heteroatoms. The summed E-state index contributed by atoms with van der Waals surface area (Å²) in [5.74, 6) is -1.59. The number of fused-ring (bicyclic) bond motifs is 1. The minimum absolute atomic E-state index is 0.0162. The Labute approximate surface area is 214 Å². The van der Waals surface area contributed by atoms with E-state index in [-0.39, 0.29) is 33.9 Å². The molecule has 37 heavy (non-hydrogen) atoms. The summed E-state index contributed by atoms with van der Waals surface area (Å²) in [6.07, 6.45) is 2.38. The summed E-state index contributed by atoms with van der Waals surface area (Å²) in [5.41, 5.74) is 9.70. The first kappa shape index (κ1) is 24.9. The molecule has 2 aromatic carbocycles. The molecule has 0 aliphatic carbocycles. The predicted molar refractivity (Wildman–Crippen MR) is 139 cm³/mol. The van der Waals surface area contributed by atoms with Crippen molar-refractivity contribution in [3.63, 3.8) is 0 Å². The van der Waals surface area contributed by atoms with Gasteiger partial charge in [-0.05, 0) is 56.2 Å². The maximum atomic E-state index is 14.1. The van der Waals surface area contributed by atoms with Crippen LogP contribution in [-0.2, 0) is 20.4 Å². The molecule has 1 saturated heterocycles. The highest BCUT2D eigenvalue weighted by Crippen LogP contribution is 2.36. The standard InChI is InChI=1S/C27H27FN4O4S/c1-15-24(30-16(2)25(15)27(34)32-10-9-18(29)13-32)12-21-20-11-19(7-8-23(20)31-26(21)33)37(35,36)14-17-5-3-4-6-22(17)28/h3-8,11-12,18,30H,9-10,13-14,29H2,1-2H3,(H,31,33)/t18-/m0/s1. The Balaban J connectivity index is 1.50. The highest BCUT2D eigenvalue weighted by Gasteiger charge is 2.30. The second-order valence-corrected chi connectivity index (χ2v) is 11.5. The third-order valence-electron chi connectivity index (χ3n) is 6.93. The molecular weight excluding hydrogens is 495 g/mol. The second kappa shape index (κ2) is 9.28. The lowest BCUT2D eigenvalue weighted by Crippen LogP contribution is -2.32. The third kappa shape index (κ3) is 4.58. The van der Waals surface area contributed by atoms with Crippen LogP contribution in [0.1, 0.15) is 44.9 Å². The van der Waals surface area contributed by atoms with E-state index in [4.69, 9.17) is 5.73 Å². The molecule has 0 radical (unpaired) electrons. The van der Waals surface area contributed by atoms with Crippen molar-refractivity contribution in [1.82, 2.24) is 9.88 Å². The highest BCUT2D eigenvalue weighted by molar-refractivity contribution is 7.90. The quantitative estimate of drug-likeness (QED) is 0.443. The summed E-state index contributed by atoms with van der Waals surface area (Å²) in [6.45, 7) is 4.70. The van der Waals surface area contributed by atoms with E-state index in [1.807, 2.05) is 6.92 Å². The number of nitrogens with one attached hydrogen (secondary N) is 2. The SMILES string of the molecule is Cc1[nH]c(C=C2C(=O)Nc3ccc(S(=O)(=O)Cc4ccccc4F)cc32)c(C)c1C(=O)N1CC[C@H](N)C1. The summed E-state index contributed by atoms with van der Waals surface area (Å²) in [4.78, 5) is 30.9. The van der Waals surface area contributed by atoms with E-state index >= 15 is 0 Å². The lowest BCUT2D eigenvalue weighted by molar-refractivity contribution is -0.110. The molecule has 2 amide bonds. The van der Waals surface area contributed by atoms with Crippen LogP contribution in [0.4, 0.5) is 10.1 Å². The zero-order valence-corrected chi connectivity index (χ0v) is 21.3. The van der Waals surface area contributed by atoms with E-state index in [0.29, 0.717) is 46.9 Å². The van der Waals surface area contributed by atoms with Crippen LogP contribution < -0.4 is 11.1 Å². The Hall–Kier alpha value is -3.76. The van der Waals surface area contributed by atoms with Gasteiger partial charge in [0, 0.05) is 47.3 Å². The normalized spacial score (nSPS) is 18.4. The number of benzene rings is 2. The summed E-state index contributed by atoms with van der Waals surface area (Å²) in [6, 6.07) is 10.1. The van der Waals surface area contributed by atoms with Crippen LogP contribution in [0, 0.1) is 19.7 Å². The van der Waals surface area contributed by atoms with Crippen molar-refractivity contribution < 1.29 is 22.4 Å². The van der Waals surface area contributed by atoms with Gasteiger partial charge in [-0.2, -0.15) is 0 Å². The van der Waals surface area contributed by atoms with Crippen LogP contribution in [0.25, 0.3) is 11.6 Å². The van der Waals surface area contributed by atoms with E-state index < -0.39 is 21.4 Å². The van der Waals surface area contributed by atoms with Gasteiger partial charge in [0.2, 0.25) is 0 Å². The number of aryl methyl sites for hydroxylation is 1. The van der Waals surface area contributed by atoms with E-state index in [0.717, 1.165) is 6.42 Å². The van der Waals surface area contributed by atoms with Crippen molar-refractivity contribution in [2.75, 3.05) is 18.4 Å². The van der Waals surface area contributed by atoms with Gasteiger partial charge in [0.25, 0.3) is 11.8 Å². The van der Waals surface area contributed by atoms with Crippen molar-refractivity contribution in [3.05, 3.63) is 81.9 Å². The van der Waals surface area contributed by atoms with Gasteiger partial charge in [0.1, 0.15) is 5.82 Å². The number of hydrogen-bond acceptors (Lipinski definition) is 5. The predicted octanol–water partition coefficient (Wildman–Crippen LogP) is 3.41. The molecule has 3 aromatic rings. The molecule has 0 unspecified atom stereocenters.